The van der Waals surface area contributed by atoms with Crippen molar-refractivity contribution in [3.05, 3.63) is 0 Å². The van der Waals surface area contributed by atoms with Gasteiger partial charge in [-0.2, -0.15) is 0 Å². The number of ether oxygens (including phenoxy) is 4. The van der Waals surface area contributed by atoms with Gasteiger partial charge in [0.25, 0.3) is 3.79 Å². The van der Waals surface area contributed by atoms with Gasteiger partial charge in [-0.05, 0) is 0 Å². The van der Waals surface area contributed by atoms with Gasteiger partial charge >= 0.3 is 5.97 Å². The molecule has 7 N–H and O–H groups in total. The van der Waals surface area contributed by atoms with Gasteiger partial charge in [0.15, 0.2) is 6.29 Å². The van der Waals surface area contributed by atoms with Crippen molar-refractivity contribution in [1.29, 1.82) is 0 Å². The molecule has 170 valence electrons. The minimum absolute atomic E-state index is 0.772. The minimum Gasteiger partial charge on any atom is -0.457 e. The number of carbonyl (C=O) groups excluding carboxylic acids is 1. The van der Waals surface area contributed by atoms with E-state index in [1.807, 2.05) is 0 Å². The van der Waals surface area contributed by atoms with E-state index in [4.69, 9.17) is 53.8 Å². The molecule has 0 aliphatic carbocycles. The first-order chi connectivity index (χ1) is 13.4. The van der Waals surface area contributed by atoms with Crippen molar-refractivity contribution in [2.24, 2.45) is 0 Å². The van der Waals surface area contributed by atoms with Crippen LogP contribution in [0.15, 0.2) is 0 Å². The third-order valence-electron chi connectivity index (χ3n) is 4.49. The van der Waals surface area contributed by atoms with Crippen molar-refractivity contribution in [1.82, 2.24) is 0 Å². The molecule has 0 saturated carbocycles. The first-order valence-corrected chi connectivity index (χ1v) is 9.38. The van der Waals surface area contributed by atoms with Crippen molar-refractivity contribution in [2.45, 2.75) is 58.6 Å². The van der Waals surface area contributed by atoms with Gasteiger partial charge in [0.1, 0.15) is 49.3 Å². The average Bonchev–Trinajstić information content (AvgIpc) is 2.90. The highest BCUT2D eigenvalue weighted by Gasteiger charge is 2.59. The predicted molar refractivity (Wildman–Crippen MR) is 92.8 cm³/mol. The summed E-state index contributed by atoms with van der Waals surface area (Å²) in [6.07, 6.45) is -13.7. The number of halogens is 3. The molecule has 29 heavy (non-hydrogen) atoms. The van der Waals surface area contributed by atoms with E-state index >= 15 is 0 Å². The smallest absolute Gasteiger partial charge is 0.358 e. The van der Waals surface area contributed by atoms with Crippen molar-refractivity contribution in [3.63, 3.8) is 0 Å². The molecule has 0 aromatic carbocycles. The molecule has 0 radical (unpaired) electrons. The molecule has 0 amide bonds. The average molecular weight is 488 g/mol. The number of carbonyl (C=O) groups is 1. The molecule has 0 aromatic heterocycles. The van der Waals surface area contributed by atoms with Crippen molar-refractivity contribution in [3.8, 4) is 0 Å². The Morgan fingerprint density at radius 1 is 0.931 bits per heavy atom. The number of esters is 1. The summed E-state index contributed by atoms with van der Waals surface area (Å²) in [5, 5.41) is 68.8. The van der Waals surface area contributed by atoms with E-state index in [0.717, 1.165) is 0 Å². The zero-order valence-corrected chi connectivity index (χ0v) is 16.8. The van der Waals surface area contributed by atoms with Gasteiger partial charge in [0.05, 0.1) is 13.2 Å². The Balaban J connectivity index is 2.27. The van der Waals surface area contributed by atoms with Crippen LogP contribution in [0, 0.1) is 0 Å². The Hall–Kier alpha value is -0.0600. The topological polar surface area (TPSA) is 196 Å². The van der Waals surface area contributed by atoms with Crippen LogP contribution in [-0.4, -0.2) is 120 Å². The monoisotopic (exact) mass is 486 g/mol. The maximum atomic E-state index is 11.7. The highest BCUT2D eigenvalue weighted by molar-refractivity contribution is 6.75. The summed E-state index contributed by atoms with van der Waals surface area (Å²) in [7, 11) is 0. The second-order valence-corrected chi connectivity index (χ2v) is 8.76. The van der Waals surface area contributed by atoms with Gasteiger partial charge < -0.3 is 54.7 Å². The highest BCUT2D eigenvalue weighted by atomic mass is 35.6. The Morgan fingerprint density at radius 3 is 2.00 bits per heavy atom. The van der Waals surface area contributed by atoms with Crippen LogP contribution in [0.2, 0.25) is 0 Å². The molecule has 12 nitrogen and oxygen atoms in total. The predicted octanol–water partition coefficient (Wildman–Crippen LogP) is -3.47. The second kappa shape index (κ2) is 9.61. The molecular formula is C14H21Cl3O12. The van der Waals surface area contributed by atoms with E-state index in [9.17, 15) is 40.5 Å². The fourth-order valence-electron chi connectivity index (χ4n) is 2.86. The van der Waals surface area contributed by atoms with Crippen LogP contribution in [0.25, 0.3) is 0 Å². The van der Waals surface area contributed by atoms with E-state index in [0.29, 0.717) is 0 Å². The van der Waals surface area contributed by atoms with Gasteiger partial charge in [0, 0.05) is 0 Å². The molecule has 2 aliphatic rings. The molecule has 2 aliphatic heterocycles. The molecule has 2 fully saturated rings. The molecule has 0 bridgehead atoms. The zero-order chi connectivity index (χ0) is 22.1. The van der Waals surface area contributed by atoms with E-state index in [-0.39, 0.29) is 0 Å². The summed E-state index contributed by atoms with van der Waals surface area (Å²) in [6, 6.07) is 0. The van der Waals surface area contributed by atoms with Crippen LogP contribution in [0.1, 0.15) is 0 Å². The van der Waals surface area contributed by atoms with Crippen molar-refractivity contribution in [2.75, 3.05) is 19.8 Å². The third-order valence-corrected chi connectivity index (χ3v) is 4.95. The summed E-state index contributed by atoms with van der Waals surface area (Å²) < 4.78 is 18.1. The lowest BCUT2D eigenvalue weighted by molar-refractivity contribution is -0.383. The largest absolute Gasteiger partial charge is 0.457 e. The fraction of sp³-hybridized carbons (Fsp3) is 0.929. The van der Waals surface area contributed by atoms with Crippen LogP contribution in [0.3, 0.4) is 0 Å². The summed E-state index contributed by atoms with van der Waals surface area (Å²) in [6.45, 7) is -2.55. The molecule has 2 heterocycles. The molecule has 0 aromatic rings. The zero-order valence-electron chi connectivity index (χ0n) is 14.5. The molecule has 0 spiro atoms. The first-order valence-electron chi connectivity index (χ1n) is 8.25. The highest BCUT2D eigenvalue weighted by Crippen LogP contribution is 2.37. The van der Waals surface area contributed by atoms with Crippen molar-refractivity contribution < 1.29 is 59.5 Å². The number of rotatable bonds is 6. The Labute approximate surface area is 179 Å². The Kier molecular flexibility index (Phi) is 8.35. The van der Waals surface area contributed by atoms with Crippen LogP contribution >= 0.6 is 34.8 Å². The SMILES string of the molecule is O=C(OC[C@@]1(O[C@H]2O[C@H](CO)[C@@H](O)[C@H](O)[C@H]2O)O[C@H](CO)[C@@H](O)[C@@H]1O)C(Cl)(Cl)Cl. The molecule has 9 atom stereocenters. The molecule has 0 unspecified atom stereocenters. The summed E-state index contributed by atoms with van der Waals surface area (Å²) in [4.78, 5) is 11.7. The lowest BCUT2D eigenvalue weighted by Crippen LogP contribution is -2.63. The molecule has 15 heteroatoms. The molecular weight excluding hydrogens is 467 g/mol. The minimum atomic E-state index is -2.50. The fourth-order valence-corrected chi connectivity index (χ4v) is 3.03. The summed E-state index contributed by atoms with van der Waals surface area (Å²) in [5.74, 6) is -3.83. The van der Waals surface area contributed by atoms with Crippen LogP contribution in [-0.2, 0) is 23.7 Å². The molecule has 2 saturated heterocycles. The van der Waals surface area contributed by atoms with E-state index in [1.54, 1.807) is 0 Å². The van der Waals surface area contributed by atoms with Gasteiger partial charge in [-0.25, -0.2) is 4.79 Å². The number of aliphatic hydroxyl groups excluding tert-OH is 7. The van der Waals surface area contributed by atoms with E-state index < -0.39 is 84.4 Å². The Morgan fingerprint density at radius 2 is 1.52 bits per heavy atom. The normalized spacial score (nSPS) is 43.4. The number of hydrogen-bond donors (Lipinski definition) is 7. The van der Waals surface area contributed by atoms with Crippen molar-refractivity contribution >= 4 is 40.8 Å². The van der Waals surface area contributed by atoms with Gasteiger partial charge in [-0.1, -0.05) is 34.8 Å². The van der Waals surface area contributed by atoms with Gasteiger partial charge in [-0.3, -0.25) is 0 Å². The second-order valence-electron chi connectivity index (χ2n) is 6.48. The van der Waals surface area contributed by atoms with E-state index in [1.165, 1.54) is 0 Å². The van der Waals surface area contributed by atoms with E-state index in [2.05, 4.69) is 0 Å². The molecule has 2 rings (SSSR count). The quantitative estimate of drug-likeness (QED) is 0.145. The lowest BCUT2D eigenvalue weighted by Gasteiger charge is -2.43. The van der Waals surface area contributed by atoms with Crippen LogP contribution in [0.5, 0.6) is 0 Å². The summed E-state index contributed by atoms with van der Waals surface area (Å²) in [5.41, 5.74) is 0. The van der Waals surface area contributed by atoms with Crippen LogP contribution < -0.4 is 0 Å². The number of alkyl halides is 3. The van der Waals surface area contributed by atoms with Crippen LogP contribution in [0.4, 0.5) is 0 Å². The van der Waals surface area contributed by atoms with Gasteiger partial charge in [-0.15, -0.1) is 0 Å². The summed E-state index contributed by atoms with van der Waals surface area (Å²) >= 11 is 16.2. The lowest BCUT2D eigenvalue weighted by atomic mass is 9.99. The first kappa shape index (κ1) is 25.2. The maximum absolute atomic E-state index is 11.7. The third kappa shape index (κ3) is 5.23. The number of aliphatic hydroxyl groups is 7. The number of hydrogen-bond acceptors (Lipinski definition) is 12. The Bertz CT molecular complexity index is 575. The standard InChI is InChI=1S/C14H21Cl3O12/c15-14(16,17)12(25)26-3-13(10(24)7(21)5(2-19)28-13)29-11-9(23)8(22)6(20)4(1-18)27-11/h4-11,18-24H,1-3H2/t4-,5-,6-,7-,8+,9-,10+,11-,13+/m1/s1. The van der Waals surface area contributed by atoms with Gasteiger partial charge in [0.2, 0.25) is 5.79 Å². The maximum Gasteiger partial charge on any atom is 0.358 e.